The number of hydrogen-bond acceptors (Lipinski definition) is 7. The summed E-state index contributed by atoms with van der Waals surface area (Å²) in [7, 11) is -9.58. The summed E-state index contributed by atoms with van der Waals surface area (Å²) in [6, 6.07) is 0. The second-order valence-electron chi connectivity index (χ2n) is 3.53. The van der Waals surface area contributed by atoms with E-state index in [0.717, 1.165) is 0 Å². The Labute approximate surface area is 160 Å². The molecular formula is C6H15N3Na2O7P2. The molecule has 0 aromatic heterocycles. The first-order chi connectivity index (χ1) is 8.03. The number of amides is 1. The molecule has 0 aliphatic heterocycles. The Morgan fingerprint density at radius 2 is 1.55 bits per heavy atom. The summed E-state index contributed by atoms with van der Waals surface area (Å²) in [5.74, 6) is -0.678. The third kappa shape index (κ3) is 17.7. The quantitative estimate of drug-likeness (QED) is 0.244. The maximum Gasteiger partial charge on any atom is 1.00 e. The van der Waals surface area contributed by atoms with E-state index in [1.54, 1.807) is 0 Å². The van der Waals surface area contributed by atoms with Crippen LogP contribution in [0.4, 0.5) is 0 Å². The molecule has 0 saturated heterocycles. The van der Waals surface area contributed by atoms with Crippen LogP contribution in [-0.2, 0) is 13.9 Å². The minimum Gasteiger partial charge on any atom is -0.778 e. The standard InChI is InChI=1S/C6H17N3O7P2.2Na/c7-1-2-8-6(10)3-9(4-17(11,12)13)5-18(14,15)16;;/h1-5,7H2,(H,8,10)(H2,11,12,13)(H2,14,15,16);;/q;2*+1/p-2. The predicted octanol–water partition coefficient (Wildman–Crippen LogP) is -9.62. The molecule has 0 heterocycles. The molecule has 14 heteroatoms. The van der Waals surface area contributed by atoms with Crippen LogP contribution in [0, 0.1) is 0 Å². The summed E-state index contributed by atoms with van der Waals surface area (Å²) < 4.78 is 21.3. The van der Waals surface area contributed by atoms with Crippen molar-refractivity contribution >= 4 is 21.1 Å². The van der Waals surface area contributed by atoms with Gasteiger partial charge in [0.2, 0.25) is 5.91 Å². The van der Waals surface area contributed by atoms with Crippen molar-refractivity contribution in [1.29, 1.82) is 0 Å². The van der Waals surface area contributed by atoms with E-state index in [4.69, 9.17) is 15.5 Å². The Kier molecular flexibility index (Phi) is 16.2. The Hall–Kier alpha value is 1.69. The molecular weight excluding hydrogens is 334 g/mol. The van der Waals surface area contributed by atoms with Gasteiger partial charge in [-0.05, 0) is 0 Å². The van der Waals surface area contributed by atoms with E-state index in [9.17, 15) is 23.7 Å². The zero-order valence-corrected chi connectivity index (χ0v) is 17.2. The number of hydrogen-bond donors (Lipinski definition) is 4. The van der Waals surface area contributed by atoms with Crippen molar-refractivity contribution in [3.05, 3.63) is 0 Å². The zero-order chi connectivity index (χ0) is 14.4. The van der Waals surface area contributed by atoms with E-state index in [0.29, 0.717) is 4.90 Å². The van der Waals surface area contributed by atoms with Gasteiger partial charge in [0.1, 0.15) is 15.2 Å². The number of carbonyl (C=O) groups is 1. The van der Waals surface area contributed by atoms with Crippen LogP contribution in [-0.4, -0.2) is 52.8 Å². The van der Waals surface area contributed by atoms with E-state index in [2.05, 4.69) is 5.32 Å². The third-order valence-corrected chi connectivity index (χ3v) is 3.11. The molecule has 0 spiro atoms. The number of nitrogens with zero attached hydrogens (tertiary/aromatic N) is 1. The second kappa shape index (κ2) is 12.2. The van der Waals surface area contributed by atoms with Gasteiger partial charge in [0.05, 0.1) is 19.1 Å². The van der Waals surface area contributed by atoms with Crippen LogP contribution in [0.1, 0.15) is 0 Å². The van der Waals surface area contributed by atoms with Gasteiger partial charge in [0, 0.05) is 13.1 Å². The summed E-state index contributed by atoms with van der Waals surface area (Å²) in [5.41, 5.74) is 5.11. The molecule has 0 aliphatic carbocycles. The van der Waals surface area contributed by atoms with Gasteiger partial charge in [0.15, 0.2) is 0 Å². The Bertz CT molecular complexity index is 350. The predicted molar refractivity (Wildman–Crippen MR) is 58.2 cm³/mol. The summed E-state index contributed by atoms with van der Waals surface area (Å²) in [6.07, 6.45) is -2.12. The number of nitrogens with one attached hydrogen (secondary N) is 1. The molecule has 108 valence electrons. The molecule has 5 N–H and O–H groups in total. The van der Waals surface area contributed by atoms with Gasteiger partial charge in [-0.25, -0.2) is 0 Å². The van der Waals surface area contributed by atoms with E-state index >= 15 is 0 Å². The minimum absolute atomic E-state index is 0. The van der Waals surface area contributed by atoms with Crippen molar-refractivity contribution in [2.75, 3.05) is 32.2 Å². The van der Waals surface area contributed by atoms with Crippen molar-refractivity contribution in [3.8, 4) is 0 Å². The summed E-state index contributed by atoms with van der Waals surface area (Å²) >= 11 is 0. The Balaban J connectivity index is -0.00000144. The Morgan fingerprint density at radius 3 is 1.85 bits per heavy atom. The molecule has 0 rings (SSSR count). The van der Waals surface area contributed by atoms with E-state index < -0.39 is 40.2 Å². The van der Waals surface area contributed by atoms with Crippen molar-refractivity contribution < 1.29 is 92.6 Å². The SMILES string of the molecule is NCCNC(=O)CN(CP(=O)([O-])O)CP(=O)([O-])O.[Na+].[Na+]. The number of carbonyl (C=O) groups excluding carboxylic acids is 1. The molecule has 0 aromatic rings. The van der Waals surface area contributed by atoms with Gasteiger partial charge in [-0.1, -0.05) is 0 Å². The van der Waals surface area contributed by atoms with Crippen LogP contribution in [0.15, 0.2) is 0 Å². The van der Waals surface area contributed by atoms with Crippen molar-refractivity contribution in [2.24, 2.45) is 5.73 Å². The molecule has 0 saturated carbocycles. The maximum atomic E-state index is 11.2. The van der Waals surface area contributed by atoms with E-state index in [-0.39, 0.29) is 72.2 Å². The average Bonchev–Trinajstić information content (AvgIpc) is 2.08. The van der Waals surface area contributed by atoms with Crippen LogP contribution in [0.2, 0.25) is 0 Å². The second-order valence-corrected chi connectivity index (χ2v) is 6.64. The molecule has 10 nitrogen and oxygen atoms in total. The average molecular weight is 349 g/mol. The van der Waals surface area contributed by atoms with Gasteiger partial charge >= 0.3 is 59.1 Å². The molecule has 0 radical (unpaired) electrons. The topological polar surface area (TPSA) is 179 Å². The normalized spacial score (nSPS) is 16.3. The first kappa shape index (κ1) is 26.6. The van der Waals surface area contributed by atoms with Crippen LogP contribution >= 0.6 is 15.2 Å². The largest absolute Gasteiger partial charge is 1.00 e. The summed E-state index contributed by atoms with van der Waals surface area (Å²) in [5, 5.41) is 2.28. The fraction of sp³-hybridized carbons (Fsp3) is 0.833. The molecule has 2 atom stereocenters. The Morgan fingerprint density at radius 1 is 1.15 bits per heavy atom. The summed E-state index contributed by atoms with van der Waals surface area (Å²) in [6.45, 7) is -0.319. The van der Waals surface area contributed by atoms with Gasteiger partial charge in [-0.15, -0.1) is 0 Å². The van der Waals surface area contributed by atoms with Gasteiger partial charge in [-0.3, -0.25) is 9.69 Å². The molecule has 20 heavy (non-hydrogen) atoms. The van der Waals surface area contributed by atoms with Gasteiger partial charge in [-0.2, -0.15) is 0 Å². The van der Waals surface area contributed by atoms with Crippen molar-refractivity contribution in [3.63, 3.8) is 0 Å². The monoisotopic (exact) mass is 349 g/mol. The van der Waals surface area contributed by atoms with Crippen LogP contribution in [0.3, 0.4) is 0 Å². The van der Waals surface area contributed by atoms with Gasteiger partial charge in [0.25, 0.3) is 0 Å². The molecule has 0 aliphatic rings. The van der Waals surface area contributed by atoms with E-state index in [1.807, 2.05) is 0 Å². The first-order valence-corrected chi connectivity index (χ1v) is 8.31. The van der Waals surface area contributed by atoms with Crippen LogP contribution in [0.5, 0.6) is 0 Å². The van der Waals surface area contributed by atoms with Crippen molar-refractivity contribution in [1.82, 2.24) is 10.2 Å². The molecule has 0 fully saturated rings. The minimum atomic E-state index is -4.79. The van der Waals surface area contributed by atoms with Gasteiger partial charge < -0.3 is 39.8 Å². The maximum absolute atomic E-state index is 11.2. The number of rotatable bonds is 8. The third-order valence-electron chi connectivity index (χ3n) is 1.59. The number of nitrogens with two attached hydrogens (primary N) is 1. The smallest absolute Gasteiger partial charge is 0.778 e. The van der Waals surface area contributed by atoms with Crippen molar-refractivity contribution in [2.45, 2.75) is 0 Å². The first-order valence-electron chi connectivity index (χ1n) is 4.78. The fourth-order valence-corrected chi connectivity index (χ4v) is 2.69. The van der Waals surface area contributed by atoms with Crippen LogP contribution in [0.25, 0.3) is 0 Å². The molecule has 0 bridgehead atoms. The molecule has 0 aromatic carbocycles. The fourth-order valence-electron chi connectivity index (χ4n) is 1.12. The van der Waals surface area contributed by atoms with E-state index in [1.165, 1.54) is 0 Å². The zero-order valence-electron chi connectivity index (χ0n) is 11.4. The molecule has 1 amide bonds. The summed E-state index contributed by atoms with van der Waals surface area (Å²) in [4.78, 5) is 50.3. The van der Waals surface area contributed by atoms with Crippen LogP contribution < -0.4 is 80.0 Å². The molecule has 2 unspecified atom stereocenters.